The zero-order chi connectivity index (χ0) is 25.8. The molecule has 1 fully saturated rings. The number of alkyl halides is 2. The van der Waals surface area contributed by atoms with Gasteiger partial charge in [-0.25, -0.2) is 22.5 Å². The average Bonchev–Trinajstić information content (AvgIpc) is 3.32. The van der Waals surface area contributed by atoms with Crippen molar-refractivity contribution in [2.45, 2.75) is 19.3 Å². The fraction of sp³-hybridized carbons (Fsp3) is 0.250. The van der Waals surface area contributed by atoms with Gasteiger partial charge in [0.2, 0.25) is 0 Å². The highest BCUT2D eigenvalue weighted by Gasteiger charge is 2.40. The normalized spacial score (nSPS) is 15.0. The Kier molecular flexibility index (Phi) is 5.53. The molecule has 0 spiro atoms. The van der Waals surface area contributed by atoms with E-state index in [2.05, 4.69) is 15.4 Å². The standard InChI is InChI=1S/C24H20F4N6O2/c1-13-29-20-18(32(13)2)8-6-16(22(20)33-11-10-24(27,28)12-33)30-23(36)17-7-9-19(35)34(31-17)21-14(25)4-3-5-15(21)26/h3-9H,10-12H2,1-2H3,(H,30,36). The van der Waals surface area contributed by atoms with Gasteiger partial charge in [-0.05, 0) is 37.3 Å². The minimum Gasteiger partial charge on any atom is -0.362 e. The van der Waals surface area contributed by atoms with Crippen molar-refractivity contribution in [3.05, 3.63) is 76.0 Å². The lowest BCUT2D eigenvalue weighted by molar-refractivity contribution is 0.0257. The Morgan fingerprint density at radius 3 is 2.44 bits per heavy atom. The van der Waals surface area contributed by atoms with Gasteiger partial charge >= 0.3 is 0 Å². The summed E-state index contributed by atoms with van der Waals surface area (Å²) >= 11 is 0. The number of para-hydroxylation sites is 1. The SMILES string of the molecule is Cc1nc2c(N3CCC(F)(F)C3)c(NC(=O)c3ccc(=O)n(-c4c(F)cccc4F)n3)ccc2n1C. The Morgan fingerprint density at radius 1 is 1.06 bits per heavy atom. The first-order chi connectivity index (χ1) is 17.1. The van der Waals surface area contributed by atoms with Crippen LogP contribution in [0.4, 0.5) is 28.9 Å². The molecule has 1 aliphatic rings. The molecular formula is C24H20F4N6O2. The summed E-state index contributed by atoms with van der Waals surface area (Å²) in [6.45, 7) is 1.29. The summed E-state index contributed by atoms with van der Waals surface area (Å²) in [6, 6.07) is 8.39. The van der Waals surface area contributed by atoms with Crippen molar-refractivity contribution in [2.24, 2.45) is 7.05 Å². The first-order valence-electron chi connectivity index (χ1n) is 11.0. The van der Waals surface area contributed by atoms with Crippen LogP contribution < -0.4 is 15.8 Å². The first kappa shape index (κ1) is 23.5. The van der Waals surface area contributed by atoms with Gasteiger partial charge in [0.1, 0.15) is 22.7 Å². The number of carbonyl (C=O) groups excluding carboxylic acids is 1. The van der Waals surface area contributed by atoms with E-state index in [9.17, 15) is 27.2 Å². The lowest BCUT2D eigenvalue weighted by Crippen LogP contribution is -2.28. The minimum atomic E-state index is -2.89. The molecular weight excluding hydrogens is 480 g/mol. The molecule has 186 valence electrons. The van der Waals surface area contributed by atoms with E-state index in [0.29, 0.717) is 27.2 Å². The predicted molar refractivity (Wildman–Crippen MR) is 125 cm³/mol. The maximum atomic E-state index is 14.3. The molecule has 1 aliphatic heterocycles. The van der Waals surface area contributed by atoms with Crippen molar-refractivity contribution in [1.82, 2.24) is 19.3 Å². The van der Waals surface area contributed by atoms with Crippen LogP contribution in [-0.2, 0) is 7.05 Å². The third-order valence-electron chi connectivity index (χ3n) is 6.17. The molecule has 0 aliphatic carbocycles. The van der Waals surface area contributed by atoms with Crippen LogP contribution in [0.2, 0.25) is 0 Å². The summed E-state index contributed by atoms with van der Waals surface area (Å²) in [5.74, 6) is -5.11. The Balaban J connectivity index is 1.57. The molecule has 36 heavy (non-hydrogen) atoms. The average molecular weight is 500 g/mol. The van der Waals surface area contributed by atoms with Crippen LogP contribution in [0.1, 0.15) is 22.7 Å². The summed E-state index contributed by atoms with van der Waals surface area (Å²) in [5.41, 5.74) is -0.208. The fourth-order valence-electron chi connectivity index (χ4n) is 4.28. The van der Waals surface area contributed by atoms with Crippen LogP contribution >= 0.6 is 0 Å². The number of nitrogens with zero attached hydrogens (tertiary/aromatic N) is 5. The highest BCUT2D eigenvalue weighted by atomic mass is 19.3. The van der Waals surface area contributed by atoms with Gasteiger partial charge in [0.25, 0.3) is 17.4 Å². The molecule has 8 nitrogen and oxygen atoms in total. The molecule has 2 aromatic carbocycles. The highest BCUT2D eigenvalue weighted by molar-refractivity contribution is 6.08. The van der Waals surface area contributed by atoms with Crippen molar-refractivity contribution in [3.8, 4) is 5.69 Å². The Morgan fingerprint density at radius 2 is 1.78 bits per heavy atom. The van der Waals surface area contributed by atoms with E-state index in [1.54, 1.807) is 30.7 Å². The smallest absolute Gasteiger partial charge is 0.276 e. The Labute approximate surface area is 201 Å². The van der Waals surface area contributed by atoms with Gasteiger partial charge in [-0.1, -0.05) is 6.07 Å². The van der Waals surface area contributed by atoms with E-state index >= 15 is 0 Å². The second kappa shape index (κ2) is 8.47. The van der Waals surface area contributed by atoms with Crippen LogP contribution in [0.25, 0.3) is 16.7 Å². The molecule has 0 atom stereocenters. The number of benzene rings is 2. The summed E-state index contributed by atoms with van der Waals surface area (Å²) < 4.78 is 58.9. The molecule has 5 rings (SSSR count). The number of aromatic nitrogens is 4. The van der Waals surface area contributed by atoms with Crippen LogP contribution in [0.15, 0.2) is 47.3 Å². The molecule has 0 radical (unpaired) electrons. The maximum Gasteiger partial charge on any atom is 0.276 e. The van der Waals surface area contributed by atoms with E-state index < -0.39 is 41.3 Å². The van der Waals surface area contributed by atoms with Crippen LogP contribution in [-0.4, -0.2) is 44.3 Å². The van der Waals surface area contributed by atoms with Gasteiger partial charge in [0.15, 0.2) is 11.6 Å². The summed E-state index contributed by atoms with van der Waals surface area (Å²) in [6.07, 6.45) is -0.344. The summed E-state index contributed by atoms with van der Waals surface area (Å²) in [7, 11) is 1.79. The van der Waals surface area contributed by atoms with Gasteiger partial charge in [0, 0.05) is 26.1 Å². The Bertz CT molecular complexity index is 1560. The number of carbonyl (C=O) groups is 1. The lowest BCUT2D eigenvalue weighted by Gasteiger charge is -2.22. The quantitative estimate of drug-likeness (QED) is 0.431. The van der Waals surface area contributed by atoms with Crippen LogP contribution in [0, 0.1) is 18.6 Å². The number of hydrogen-bond acceptors (Lipinski definition) is 5. The zero-order valence-electron chi connectivity index (χ0n) is 19.2. The molecule has 2 aromatic heterocycles. The van der Waals surface area contributed by atoms with Gasteiger partial charge in [0.05, 0.1) is 23.4 Å². The molecule has 1 amide bonds. The first-order valence-corrected chi connectivity index (χ1v) is 11.0. The van der Waals surface area contributed by atoms with Crippen molar-refractivity contribution in [3.63, 3.8) is 0 Å². The fourth-order valence-corrected chi connectivity index (χ4v) is 4.28. The van der Waals surface area contributed by atoms with Gasteiger partial charge in [-0.3, -0.25) is 9.59 Å². The third kappa shape index (κ3) is 3.97. The predicted octanol–water partition coefficient (Wildman–Crippen LogP) is 3.80. The molecule has 12 heteroatoms. The molecule has 4 aromatic rings. The van der Waals surface area contributed by atoms with Gasteiger partial charge in [-0.15, -0.1) is 0 Å². The van der Waals surface area contributed by atoms with Crippen molar-refractivity contribution < 1.29 is 22.4 Å². The molecule has 3 heterocycles. The molecule has 1 saturated heterocycles. The van der Waals surface area contributed by atoms with E-state index in [4.69, 9.17) is 0 Å². The lowest BCUT2D eigenvalue weighted by atomic mass is 10.2. The zero-order valence-corrected chi connectivity index (χ0v) is 19.2. The van der Waals surface area contributed by atoms with Crippen molar-refractivity contribution in [2.75, 3.05) is 23.3 Å². The number of anilines is 2. The number of nitrogens with one attached hydrogen (secondary N) is 1. The summed E-state index contributed by atoms with van der Waals surface area (Å²) in [4.78, 5) is 31.4. The number of hydrogen-bond donors (Lipinski definition) is 1. The van der Waals surface area contributed by atoms with E-state index in [-0.39, 0.29) is 24.3 Å². The number of imidazole rings is 1. The van der Waals surface area contributed by atoms with Crippen molar-refractivity contribution >= 4 is 28.3 Å². The second-order valence-corrected chi connectivity index (χ2v) is 8.57. The monoisotopic (exact) mass is 500 g/mol. The Hall–Kier alpha value is -4.22. The topological polar surface area (TPSA) is 85.1 Å². The van der Waals surface area contributed by atoms with Gasteiger partial charge in [-0.2, -0.15) is 9.78 Å². The van der Waals surface area contributed by atoms with E-state index in [1.165, 1.54) is 4.90 Å². The van der Waals surface area contributed by atoms with E-state index in [1.807, 2.05) is 0 Å². The minimum absolute atomic E-state index is 0.0558. The van der Waals surface area contributed by atoms with Crippen LogP contribution in [0.3, 0.4) is 0 Å². The molecule has 1 N–H and O–H groups in total. The van der Waals surface area contributed by atoms with Crippen LogP contribution in [0.5, 0.6) is 0 Å². The number of halogens is 4. The van der Waals surface area contributed by atoms with Gasteiger partial charge < -0.3 is 14.8 Å². The summed E-state index contributed by atoms with van der Waals surface area (Å²) in [5, 5.41) is 6.49. The maximum absolute atomic E-state index is 14.3. The molecule has 0 saturated carbocycles. The number of rotatable bonds is 4. The highest BCUT2D eigenvalue weighted by Crippen LogP contribution is 2.39. The number of aryl methyl sites for hydroxylation is 2. The van der Waals surface area contributed by atoms with E-state index in [0.717, 1.165) is 30.3 Å². The third-order valence-corrected chi connectivity index (χ3v) is 6.17. The number of amides is 1. The molecule has 0 bridgehead atoms. The number of fused-ring (bicyclic) bond motifs is 1. The largest absolute Gasteiger partial charge is 0.362 e. The second-order valence-electron chi connectivity index (χ2n) is 8.57. The van der Waals surface area contributed by atoms with Crippen molar-refractivity contribution in [1.29, 1.82) is 0 Å². The molecule has 0 unspecified atom stereocenters.